The summed E-state index contributed by atoms with van der Waals surface area (Å²) in [6, 6.07) is 3.80. The number of anilines is 1. The highest BCUT2D eigenvalue weighted by atomic mass is 32.1. The van der Waals surface area contributed by atoms with Crippen LogP contribution in [0.1, 0.15) is 17.3 Å². The lowest BCUT2D eigenvalue weighted by atomic mass is 10.1. The van der Waals surface area contributed by atoms with Gasteiger partial charge in [-0.15, -0.1) is 0 Å². The van der Waals surface area contributed by atoms with Gasteiger partial charge in [0.25, 0.3) is 5.91 Å². The maximum absolute atomic E-state index is 13.9. The number of nitrogens with two attached hydrogens (primary N) is 1. The summed E-state index contributed by atoms with van der Waals surface area (Å²) in [6.45, 7) is 2.37. The molecule has 9 heteroatoms. The zero-order valence-corrected chi connectivity index (χ0v) is 12.6. The van der Waals surface area contributed by atoms with E-state index in [1.807, 2.05) is 5.43 Å². The van der Waals surface area contributed by atoms with Crippen LogP contribution in [0.5, 0.6) is 0 Å². The highest BCUT2D eigenvalue weighted by Gasteiger charge is 2.32. The van der Waals surface area contributed by atoms with Crippen LogP contribution in [0, 0.1) is 5.82 Å². The molecule has 0 bridgehead atoms. The lowest BCUT2D eigenvalue weighted by molar-refractivity contribution is 0.0949. The number of hydrazine groups is 1. The van der Waals surface area contributed by atoms with Crippen molar-refractivity contribution in [2.75, 3.05) is 18.0 Å². The van der Waals surface area contributed by atoms with Gasteiger partial charge in [-0.2, -0.15) is 0 Å². The van der Waals surface area contributed by atoms with Gasteiger partial charge in [-0.1, -0.05) is 12.2 Å². The van der Waals surface area contributed by atoms with Crippen molar-refractivity contribution in [1.29, 1.82) is 0 Å². The summed E-state index contributed by atoms with van der Waals surface area (Å²) in [5, 5.41) is 2.91. The van der Waals surface area contributed by atoms with E-state index in [0.717, 1.165) is 6.07 Å². The first kappa shape index (κ1) is 16.1. The molecular formula is C13H15FN4O3S. The summed E-state index contributed by atoms with van der Waals surface area (Å²) >= 11 is 4.89. The first-order chi connectivity index (χ1) is 10.4. The van der Waals surface area contributed by atoms with Crippen LogP contribution in [-0.2, 0) is 4.74 Å². The highest BCUT2D eigenvalue weighted by Crippen LogP contribution is 2.23. The van der Waals surface area contributed by atoms with Crippen molar-refractivity contribution in [3.8, 4) is 0 Å². The Kier molecular flexibility index (Phi) is 4.88. The third-order valence-corrected chi connectivity index (χ3v) is 3.24. The average Bonchev–Trinajstić information content (AvgIpc) is 2.85. The van der Waals surface area contributed by atoms with Gasteiger partial charge < -0.3 is 10.1 Å². The fourth-order valence-corrected chi connectivity index (χ4v) is 2.11. The Balaban J connectivity index is 2.12. The van der Waals surface area contributed by atoms with Gasteiger partial charge in [0.2, 0.25) is 0 Å². The predicted molar refractivity (Wildman–Crippen MR) is 81.9 cm³/mol. The largest absolute Gasteiger partial charge is 0.442 e. The molecule has 1 saturated heterocycles. The maximum Gasteiger partial charge on any atom is 0.414 e. The lowest BCUT2D eigenvalue weighted by Crippen LogP contribution is -2.33. The number of ether oxygens (including phenoxy) is 1. The molecular weight excluding hydrogens is 311 g/mol. The standard InChI is InChI=1S/C13H15FN4O3S/c1-7(22)16-5-9-6-18(13(20)21-9)8-2-3-10(11(14)4-8)12(19)17-15/h2-4,9H,5-6,15H2,1H3,(H,16,22)(H,17,19)/t9-/m0/s1. The van der Waals surface area contributed by atoms with Crippen molar-refractivity contribution in [1.82, 2.24) is 10.7 Å². The Hall–Kier alpha value is -2.26. The van der Waals surface area contributed by atoms with Gasteiger partial charge in [0, 0.05) is 0 Å². The zero-order chi connectivity index (χ0) is 16.3. The van der Waals surface area contributed by atoms with Gasteiger partial charge >= 0.3 is 6.09 Å². The quantitative estimate of drug-likeness (QED) is 0.326. The molecule has 0 unspecified atom stereocenters. The van der Waals surface area contributed by atoms with E-state index in [2.05, 4.69) is 5.32 Å². The van der Waals surface area contributed by atoms with Crippen LogP contribution in [0.4, 0.5) is 14.9 Å². The van der Waals surface area contributed by atoms with Gasteiger partial charge in [-0.3, -0.25) is 15.1 Å². The summed E-state index contributed by atoms with van der Waals surface area (Å²) in [6.07, 6.45) is -0.968. The van der Waals surface area contributed by atoms with Gasteiger partial charge in [0.1, 0.15) is 11.9 Å². The van der Waals surface area contributed by atoms with Crippen molar-refractivity contribution in [2.45, 2.75) is 13.0 Å². The van der Waals surface area contributed by atoms with Crippen molar-refractivity contribution in [2.24, 2.45) is 5.84 Å². The molecule has 118 valence electrons. The number of amides is 2. The minimum atomic E-state index is -0.774. The molecule has 2 rings (SSSR count). The number of carbonyl (C=O) groups is 2. The lowest BCUT2D eigenvalue weighted by Gasteiger charge is -2.14. The summed E-state index contributed by atoms with van der Waals surface area (Å²) in [5.74, 6) is 3.45. The van der Waals surface area contributed by atoms with Crippen LogP contribution < -0.4 is 21.5 Å². The number of hydrogen-bond acceptors (Lipinski definition) is 5. The normalized spacial score (nSPS) is 17.1. The van der Waals surface area contributed by atoms with E-state index in [-0.39, 0.29) is 18.2 Å². The summed E-state index contributed by atoms with van der Waals surface area (Å²) in [7, 11) is 0. The molecule has 7 nitrogen and oxygen atoms in total. The average molecular weight is 326 g/mol. The van der Waals surface area contributed by atoms with Crippen LogP contribution in [-0.4, -0.2) is 36.2 Å². The minimum absolute atomic E-state index is 0.201. The Morgan fingerprint density at radius 1 is 1.59 bits per heavy atom. The molecule has 2 amide bonds. The summed E-state index contributed by atoms with van der Waals surface area (Å²) in [5.41, 5.74) is 1.95. The number of rotatable bonds is 4. The highest BCUT2D eigenvalue weighted by molar-refractivity contribution is 7.80. The number of carbonyl (C=O) groups excluding carboxylic acids is 2. The van der Waals surface area contributed by atoms with Gasteiger partial charge in [-0.05, 0) is 25.1 Å². The van der Waals surface area contributed by atoms with E-state index >= 15 is 0 Å². The second-order valence-electron chi connectivity index (χ2n) is 4.69. The molecule has 1 atom stereocenters. The van der Waals surface area contributed by atoms with E-state index < -0.39 is 17.8 Å². The van der Waals surface area contributed by atoms with E-state index in [1.165, 1.54) is 17.0 Å². The van der Waals surface area contributed by atoms with Crippen LogP contribution >= 0.6 is 12.2 Å². The van der Waals surface area contributed by atoms with Crippen LogP contribution in [0.25, 0.3) is 0 Å². The molecule has 1 aliphatic heterocycles. The van der Waals surface area contributed by atoms with E-state index in [4.69, 9.17) is 22.8 Å². The second-order valence-corrected chi connectivity index (χ2v) is 5.30. The Morgan fingerprint density at radius 2 is 2.32 bits per heavy atom. The van der Waals surface area contributed by atoms with Crippen molar-refractivity contribution in [3.05, 3.63) is 29.6 Å². The van der Waals surface area contributed by atoms with Crippen LogP contribution in [0.3, 0.4) is 0 Å². The number of halogens is 1. The van der Waals surface area contributed by atoms with Crippen LogP contribution in [0.2, 0.25) is 0 Å². The predicted octanol–water partition coefficient (Wildman–Crippen LogP) is 0.691. The molecule has 0 spiro atoms. The van der Waals surface area contributed by atoms with E-state index in [0.29, 0.717) is 17.2 Å². The Bertz CT molecular complexity index is 625. The maximum atomic E-state index is 13.9. The topological polar surface area (TPSA) is 96.7 Å². The molecule has 1 aromatic carbocycles. The molecule has 1 fully saturated rings. The zero-order valence-electron chi connectivity index (χ0n) is 11.8. The third-order valence-electron chi connectivity index (χ3n) is 3.09. The molecule has 1 aliphatic rings. The number of nitrogens with zero attached hydrogens (tertiary/aromatic N) is 1. The molecule has 22 heavy (non-hydrogen) atoms. The van der Waals surface area contributed by atoms with Gasteiger partial charge in [0.15, 0.2) is 0 Å². The Morgan fingerprint density at radius 3 is 2.91 bits per heavy atom. The summed E-state index contributed by atoms with van der Waals surface area (Å²) in [4.78, 5) is 25.1. The van der Waals surface area contributed by atoms with Crippen LogP contribution in [0.15, 0.2) is 18.2 Å². The fraction of sp³-hybridized carbons (Fsp3) is 0.308. The van der Waals surface area contributed by atoms with E-state index in [9.17, 15) is 14.0 Å². The van der Waals surface area contributed by atoms with Crippen molar-refractivity contribution in [3.63, 3.8) is 0 Å². The van der Waals surface area contributed by atoms with Crippen molar-refractivity contribution >= 4 is 34.9 Å². The van der Waals surface area contributed by atoms with Gasteiger partial charge in [0.05, 0.1) is 29.3 Å². The number of nitrogens with one attached hydrogen (secondary N) is 2. The van der Waals surface area contributed by atoms with Crippen molar-refractivity contribution < 1.29 is 18.7 Å². The molecule has 0 saturated carbocycles. The first-order valence-electron chi connectivity index (χ1n) is 6.45. The number of hydrogen-bond donors (Lipinski definition) is 3. The molecule has 0 aromatic heterocycles. The SMILES string of the molecule is CC(=S)NC[C@H]1CN(c2ccc(C(=O)NN)c(F)c2)C(=O)O1. The summed E-state index contributed by atoms with van der Waals surface area (Å²) < 4.78 is 19.1. The third kappa shape index (κ3) is 3.49. The molecule has 4 N–H and O–H groups in total. The molecule has 0 radical (unpaired) electrons. The van der Waals surface area contributed by atoms with E-state index in [1.54, 1.807) is 6.92 Å². The number of benzene rings is 1. The molecule has 1 heterocycles. The van der Waals surface area contributed by atoms with Gasteiger partial charge in [-0.25, -0.2) is 15.0 Å². The monoisotopic (exact) mass is 326 g/mol. The Labute approximate surface area is 131 Å². The number of nitrogen functional groups attached to an aromatic ring is 1. The molecule has 1 aromatic rings. The number of thiocarbonyl (C=S) groups is 1. The number of cyclic esters (lactones) is 1. The first-order valence-corrected chi connectivity index (χ1v) is 6.86. The smallest absolute Gasteiger partial charge is 0.414 e. The molecule has 0 aliphatic carbocycles. The minimum Gasteiger partial charge on any atom is -0.442 e. The fourth-order valence-electron chi connectivity index (χ4n) is 2.03. The second kappa shape index (κ2) is 6.67.